The molecule has 41 heavy (non-hydrogen) atoms. The van der Waals surface area contributed by atoms with E-state index in [0.717, 1.165) is 5.56 Å². The van der Waals surface area contributed by atoms with Gasteiger partial charge in [0.2, 0.25) is 0 Å². The van der Waals surface area contributed by atoms with Gasteiger partial charge in [-0.2, -0.15) is 0 Å². The number of aliphatic hydroxyl groups excluding tert-OH is 1. The Bertz CT molecular complexity index is 1310. The second-order valence-electron chi connectivity index (χ2n) is 9.34. The molecule has 1 aromatic carbocycles. The van der Waals surface area contributed by atoms with Gasteiger partial charge in [0.1, 0.15) is 17.3 Å². The highest BCUT2D eigenvalue weighted by molar-refractivity contribution is 7.81. The number of ether oxygens (including phenoxy) is 3. The van der Waals surface area contributed by atoms with Gasteiger partial charge >= 0.3 is 6.09 Å². The molecule has 2 aliphatic rings. The standard InChI is InChI=1S/C27H32ClN5O7S/c1-38-24-19(28)3-2-4-20(24)32-26(41)22-23(17(6-9-34)12-31-25(22)35)30-11-16-5-7-29-13-21(16)40-15-18-14-39-10-8-33(18)27(36)37/h2-5,7,13,17-18,30,34H,6,8-12,14-15H2,1H3,(H,31,35)(H,32,41)(H,36,37)/t17?,18-/m0/s1. The van der Waals surface area contributed by atoms with Crippen LogP contribution in [-0.2, 0) is 16.1 Å². The molecule has 2 aromatic rings. The number of anilines is 1. The number of morpholine rings is 1. The highest BCUT2D eigenvalue weighted by atomic mass is 35.5. The first-order chi connectivity index (χ1) is 19.8. The van der Waals surface area contributed by atoms with Crippen molar-refractivity contribution in [3.8, 4) is 11.5 Å². The largest absolute Gasteiger partial charge is 0.493 e. The molecule has 12 nitrogen and oxygen atoms in total. The zero-order valence-corrected chi connectivity index (χ0v) is 24.0. The number of pyridine rings is 1. The minimum Gasteiger partial charge on any atom is -0.493 e. The smallest absolute Gasteiger partial charge is 0.407 e. The van der Waals surface area contributed by atoms with Crippen molar-refractivity contribution in [3.63, 3.8) is 0 Å². The van der Waals surface area contributed by atoms with E-state index in [0.29, 0.717) is 47.5 Å². The van der Waals surface area contributed by atoms with E-state index in [9.17, 15) is 19.8 Å². The van der Waals surface area contributed by atoms with Gasteiger partial charge in [-0.05, 0) is 24.6 Å². The fourth-order valence-electron chi connectivity index (χ4n) is 4.70. The van der Waals surface area contributed by atoms with Gasteiger partial charge < -0.3 is 40.4 Å². The summed E-state index contributed by atoms with van der Waals surface area (Å²) in [5, 5.41) is 28.9. The van der Waals surface area contributed by atoms with Gasteiger partial charge in [-0.25, -0.2) is 4.79 Å². The number of benzene rings is 1. The van der Waals surface area contributed by atoms with Gasteiger partial charge in [0.25, 0.3) is 5.91 Å². The summed E-state index contributed by atoms with van der Waals surface area (Å²) in [4.78, 5) is 30.3. The van der Waals surface area contributed by atoms with Gasteiger partial charge in [-0.15, -0.1) is 0 Å². The lowest BCUT2D eigenvalue weighted by atomic mass is 9.92. The van der Waals surface area contributed by atoms with Crippen LogP contribution >= 0.6 is 23.8 Å². The Morgan fingerprint density at radius 2 is 2.20 bits per heavy atom. The van der Waals surface area contributed by atoms with Crippen molar-refractivity contribution in [2.45, 2.75) is 19.0 Å². The summed E-state index contributed by atoms with van der Waals surface area (Å²) in [5.41, 5.74) is 2.04. The molecule has 2 atom stereocenters. The number of methoxy groups -OCH3 is 1. The Balaban J connectivity index is 1.56. The maximum absolute atomic E-state index is 13.1. The predicted octanol–water partition coefficient (Wildman–Crippen LogP) is 2.41. The summed E-state index contributed by atoms with van der Waals surface area (Å²) in [6.07, 6.45) is 2.53. The number of hydrogen-bond acceptors (Lipinski definition) is 9. The van der Waals surface area contributed by atoms with E-state index in [1.54, 1.807) is 36.7 Å². The van der Waals surface area contributed by atoms with Gasteiger partial charge in [-0.1, -0.05) is 29.9 Å². The number of carbonyl (C=O) groups excluding carboxylic acids is 1. The molecule has 0 radical (unpaired) electrons. The third kappa shape index (κ3) is 7.36. The van der Waals surface area contributed by atoms with Gasteiger partial charge in [0.05, 0.1) is 48.8 Å². The van der Waals surface area contributed by atoms with Crippen LogP contribution in [0.1, 0.15) is 12.0 Å². The molecule has 2 amide bonds. The van der Waals surface area contributed by atoms with E-state index < -0.39 is 12.1 Å². The fraction of sp³-hybridized carbons (Fsp3) is 0.407. The van der Waals surface area contributed by atoms with E-state index in [1.165, 1.54) is 12.0 Å². The molecule has 14 heteroatoms. The normalized spacial score (nSPS) is 18.9. The summed E-state index contributed by atoms with van der Waals surface area (Å²) < 4.78 is 16.8. The Kier molecular flexibility index (Phi) is 10.6. The highest BCUT2D eigenvalue weighted by Gasteiger charge is 2.32. The number of thiocarbonyl (C=S) groups is 1. The van der Waals surface area contributed by atoms with Crippen molar-refractivity contribution >= 4 is 46.5 Å². The lowest BCUT2D eigenvalue weighted by Gasteiger charge is -2.33. The maximum atomic E-state index is 13.1. The van der Waals surface area contributed by atoms with Crippen molar-refractivity contribution in [1.82, 2.24) is 20.5 Å². The first kappa shape index (κ1) is 30.3. The Labute approximate surface area is 247 Å². The lowest BCUT2D eigenvalue weighted by molar-refractivity contribution is -0.117. The molecule has 220 valence electrons. The van der Waals surface area contributed by atoms with Crippen molar-refractivity contribution in [2.75, 3.05) is 51.9 Å². The molecular weight excluding hydrogens is 574 g/mol. The number of nitrogens with one attached hydrogen (secondary N) is 3. The Morgan fingerprint density at radius 1 is 1.37 bits per heavy atom. The number of aromatic nitrogens is 1. The summed E-state index contributed by atoms with van der Waals surface area (Å²) in [7, 11) is 1.49. The van der Waals surface area contributed by atoms with Crippen molar-refractivity contribution in [3.05, 3.63) is 58.5 Å². The Morgan fingerprint density at radius 3 is 2.95 bits per heavy atom. The number of hydrogen-bond donors (Lipinski definition) is 5. The van der Waals surface area contributed by atoms with Crippen LogP contribution in [-0.4, -0.2) is 89.8 Å². The summed E-state index contributed by atoms with van der Waals surface area (Å²) in [5.74, 6) is 0.250. The molecule has 5 N–H and O–H groups in total. The van der Waals surface area contributed by atoms with Gasteiger partial charge in [-0.3, -0.25) is 14.7 Å². The van der Waals surface area contributed by atoms with E-state index in [2.05, 4.69) is 20.9 Å². The van der Waals surface area contributed by atoms with Crippen molar-refractivity contribution < 1.29 is 34.0 Å². The zero-order valence-electron chi connectivity index (χ0n) is 22.4. The second kappa shape index (κ2) is 14.3. The lowest BCUT2D eigenvalue weighted by Crippen LogP contribution is -2.50. The molecule has 3 heterocycles. The van der Waals surface area contributed by atoms with Crippen LogP contribution in [0.3, 0.4) is 0 Å². The molecule has 0 aliphatic carbocycles. The van der Waals surface area contributed by atoms with Gasteiger partial charge in [0.15, 0.2) is 5.75 Å². The number of para-hydroxylation sites is 1. The van der Waals surface area contributed by atoms with E-state index in [1.807, 2.05) is 0 Å². The molecule has 1 aromatic heterocycles. The third-order valence-corrected chi connectivity index (χ3v) is 7.39. The van der Waals surface area contributed by atoms with E-state index in [-0.39, 0.29) is 55.3 Å². The van der Waals surface area contributed by atoms with Gasteiger partial charge in [0, 0.05) is 49.6 Å². The second-order valence-corrected chi connectivity index (χ2v) is 10.2. The number of rotatable bonds is 11. The van der Waals surface area contributed by atoms with Crippen LogP contribution in [0.15, 0.2) is 47.9 Å². The summed E-state index contributed by atoms with van der Waals surface area (Å²) in [6.45, 7) is 1.41. The number of aliphatic hydroxyl groups is 1. The number of carbonyl (C=O) groups is 2. The minimum absolute atomic E-state index is 0.0873. The average molecular weight is 606 g/mol. The van der Waals surface area contributed by atoms with E-state index in [4.69, 9.17) is 38.0 Å². The van der Waals surface area contributed by atoms with Crippen LogP contribution in [0, 0.1) is 5.92 Å². The first-order valence-electron chi connectivity index (χ1n) is 13.0. The fourth-order valence-corrected chi connectivity index (χ4v) is 5.26. The molecule has 4 rings (SSSR count). The summed E-state index contributed by atoms with van der Waals surface area (Å²) >= 11 is 11.9. The quantitative estimate of drug-likeness (QED) is 0.240. The topological polar surface area (TPSA) is 155 Å². The van der Waals surface area contributed by atoms with Crippen molar-refractivity contribution in [1.29, 1.82) is 0 Å². The molecule has 1 fully saturated rings. The first-order valence-corrected chi connectivity index (χ1v) is 13.8. The maximum Gasteiger partial charge on any atom is 0.407 e. The number of halogens is 1. The van der Waals surface area contributed by atoms with E-state index >= 15 is 0 Å². The van der Waals surface area contributed by atoms with Crippen LogP contribution in [0.2, 0.25) is 5.02 Å². The molecule has 0 spiro atoms. The van der Waals surface area contributed by atoms with Crippen LogP contribution in [0.5, 0.6) is 11.5 Å². The van der Waals surface area contributed by atoms with Crippen LogP contribution < -0.4 is 25.4 Å². The minimum atomic E-state index is -1.03. The van der Waals surface area contributed by atoms with Crippen molar-refractivity contribution in [2.24, 2.45) is 5.92 Å². The third-order valence-electron chi connectivity index (χ3n) is 6.78. The molecule has 0 saturated carbocycles. The monoisotopic (exact) mass is 605 g/mol. The SMILES string of the molecule is COc1c(Cl)cccc1NC(=S)C1=C(NCc2ccncc2OC[C@@H]2COCCN2C(=O)O)C(CCO)CNC1=O. The summed E-state index contributed by atoms with van der Waals surface area (Å²) in [6, 6.07) is 6.46. The Hall–Kier alpha value is -3.65. The van der Waals surface area contributed by atoms with Crippen LogP contribution in [0.4, 0.5) is 10.5 Å². The zero-order chi connectivity index (χ0) is 29.4. The highest BCUT2D eigenvalue weighted by Crippen LogP contribution is 2.33. The number of amides is 2. The number of nitrogens with zero attached hydrogens (tertiary/aromatic N) is 2. The number of carboxylic acid groups (broad SMARTS) is 1. The molecule has 1 saturated heterocycles. The molecule has 0 bridgehead atoms. The molecular formula is C27H32ClN5O7S. The predicted molar refractivity (Wildman–Crippen MR) is 155 cm³/mol. The molecule has 1 unspecified atom stereocenters. The average Bonchev–Trinajstić information content (AvgIpc) is 2.96. The van der Waals surface area contributed by atoms with Crippen LogP contribution in [0.25, 0.3) is 0 Å². The molecule has 2 aliphatic heterocycles.